The molecule has 0 bridgehead atoms. The molecule has 1 aliphatic rings. The molecule has 1 aromatic heterocycles. The number of aromatic nitrogens is 2. The van der Waals surface area contributed by atoms with Gasteiger partial charge < -0.3 is 5.32 Å². The first-order chi connectivity index (χ1) is 9.47. The summed E-state index contributed by atoms with van der Waals surface area (Å²) >= 11 is 0. The molecular formula is C16H30N4. The Hall–Kier alpha value is -0.870. The van der Waals surface area contributed by atoms with Crippen molar-refractivity contribution in [1.29, 1.82) is 0 Å². The predicted molar refractivity (Wildman–Crippen MR) is 83.8 cm³/mol. The maximum absolute atomic E-state index is 4.55. The van der Waals surface area contributed by atoms with Gasteiger partial charge in [-0.25, -0.2) is 0 Å². The second-order valence-corrected chi connectivity index (χ2v) is 6.65. The van der Waals surface area contributed by atoms with E-state index in [0.717, 1.165) is 19.6 Å². The Morgan fingerprint density at radius 3 is 2.65 bits per heavy atom. The van der Waals surface area contributed by atoms with Gasteiger partial charge in [0.1, 0.15) is 0 Å². The first-order valence-corrected chi connectivity index (χ1v) is 7.92. The molecule has 0 saturated carbocycles. The standard InChI is InChI=1S/C16H30N4/c1-12(2)9-20(10-15-7-6-8-17-15)11-16-13(3)18-19(5)14(16)4/h12,15,17H,6-11H2,1-5H3. The molecule has 1 aliphatic heterocycles. The van der Waals surface area contributed by atoms with Crippen molar-refractivity contribution in [3.05, 3.63) is 17.0 Å². The van der Waals surface area contributed by atoms with Gasteiger partial charge in [-0.2, -0.15) is 5.10 Å². The van der Waals surface area contributed by atoms with Crippen molar-refractivity contribution in [2.24, 2.45) is 13.0 Å². The molecule has 114 valence electrons. The molecule has 1 N–H and O–H groups in total. The van der Waals surface area contributed by atoms with E-state index in [4.69, 9.17) is 0 Å². The van der Waals surface area contributed by atoms with E-state index in [9.17, 15) is 0 Å². The highest BCUT2D eigenvalue weighted by Gasteiger charge is 2.20. The SMILES string of the molecule is Cc1nn(C)c(C)c1CN(CC(C)C)CC1CCCN1. The minimum atomic E-state index is 0.672. The minimum Gasteiger partial charge on any atom is -0.313 e. The van der Waals surface area contributed by atoms with Crippen LogP contribution in [0, 0.1) is 19.8 Å². The van der Waals surface area contributed by atoms with Crippen molar-refractivity contribution >= 4 is 0 Å². The lowest BCUT2D eigenvalue weighted by atomic mass is 10.1. The summed E-state index contributed by atoms with van der Waals surface area (Å²) in [6, 6.07) is 0.672. The van der Waals surface area contributed by atoms with Gasteiger partial charge in [0, 0.05) is 44.0 Å². The number of hydrogen-bond donors (Lipinski definition) is 1. The Kier molecular flexibility index (Phi) is 5.22. The number of nitrogens with zero attached hydrogens (tertiary/aromatic N) is 3. The highest BCUT2D eigenvalue weighted by Crippen LogP contribution is 2.17. The normalized spacial score (nSPS) is 19.4. The molecule has 1 fully saturated rings. The molecule has 0 aromatic carbocycles. The summed E-state index contributed by atoms with van der Waals surface area (Å²) in [6.07, 6.45) is 2.64. The second kappa shape index (κ2) is 6.72. The number of rotatable bonds is 6. The van der Waals surface area contributed by atoms with Gasteiger partial charge >= 0.3 is 0 Å². The molecular weight excluding hydrogens is 248 g/mol. The molecule has 4 nitrogen and oxygen atoms in total. The number of aryl methyl sites for hydroxylation is 2. The Morgan fingerprint density at radius 1 is 1.40 bits per heavy atom. The van der Waals surface area contributed by atoms with Crippen LogP contribution in [0.3, 0.4) is 0 Å². The monoisotopic (exact) mass is 278 g/mol. The fourth-order valence-electron chi connectivity index (χ4n) is 3.21. The third-order valence-corrected chi connectivity index (χ3v) is 4.30. The van der Waals surface area contributed by atoms with Gasteiger partial charge in [-0.15, -0.1) is 0 Å². The minimum absolute atomic E-state index is 0.672. The summed E-state index contributed by atoms with van der Waals surface area (Å²) in [6.45, 7) is 13.4. The summed E-state index contributed by atoms with van der Waals surface area (Å²) in [4.78, 5) is 2.60. The largest absolute Gasteiger partial charge is 0.313 e. The van der Waals surface area contributed by atoms with Crippen LogP contribution in [0.25, 0.3) is 0 Å². The molecule has 0 aliphatic carbocycles. The van der Waals surface area contributed by atoms with E-state index in [1.165, 1.54) is 36.3 Å². The Morgan fingerprint density at radius 2 is 2.15 bits per heavy atom. The zero-order valence-electron chi connectivity index (χ0n) is 13.7. The predicted octanol–water partition coefficient (Wildman–Crippen LogP) is 2.25. The topological polar surface area (TPSA) is 33.1 Å². The first kappa shape index (κ1) is 15.5. The molecule has 2 rings (SSSR count). The van der Waals surface area contributed by atoms with E-state index in [2.05, 4.69) is 43.0 Å². The zero-order chi connectivity index (χ0) is 14.7. The van der Waals surface area contributed by atoms with Crippen LogP contribution in [0.2, 0.25) is 0 Å². The van der Waals surface area contributed by atoms with Crippen LogP contribution >= 0.6 is 0 Å². The molecule has 0 radical (unpaired) electrons. The van der Waals surface area contributed by atoms with Gasteiger partial charge in [-0.05, 0) is 39.2 Å². The third kappa shape index (κ3) is 3.83. The average molecular weight is 278 g/mol. The number of hydrogen-bond acceptors (Lipinski definition) is 3. The summed E-state index contributed by atoms with van der Waals surface area (Å²) in [5, 5.41) is 8.17. The fraction of sp³-hybridized carbons (Fsp3) is 0.812. The van der Waals surface area contributed by atoms with Gasteiger partial charge in [0.2, 0.25) is 0 Å². The summed E-state index contributed by atoms with van der Waals surface area (Å²) in [5.41, 5.74) is 3.89. The quantitative estimate of drug-likeness (QED) is 0.866. The average Bonchev–Trinajstić information content (AvgIpc) is 2.93. The van der Waals surface area contributed by atoms with E-state index in [0.29, 0.717) is 12.0 Å². The van der Waals surface area contributed by atoms with E-state index >= 15 is 0 Å². The molecule has 20 heavy (non-hydrogen) atoms. The Labute approximate surface area is 123 Å². The van der Waals surface area contributed by atoms with Gasteiger partial charge in [-0.3, -0.25) is 9.58 Å². The molecule has 1 saturated heterocycles. The van der Waals surface area contributed by atoms with E-state index in [1.54, 1.807) is 0 Å². The third-order valence-electron chi connectivity index (χ3n) is 4.30. The fourth-order valence-corrected chi connectivity index (χ4v) is 3.21. The summed E-state index contributed by atoms with van der Waals surface area (Å²) < 4.78 is 2.01. The van der Waals surface area contributed by atoms with Crippen LogP contribution in [0.5, 0.6) is 0 Å². The summed E-state index contributed by atoms with van der Waals surface area (Å²) in [7, 11) is 2.04. The van der Waals surface area contributed by atoms with Gasteiger partial charge in [0.15, 0.2) is 0 Å². The van der Waals surface area contributed by atoms with Crippen molar-refractivity contribution < 1.29 is 0 Å². The van der Waals surface area contributed by atoms with Crippen LogP contribution in [0.15, 0.2) is 0 Å². The zero-order valence-corrected chi connectivity index (χ0v) is 13.7. The molecule has 2 heterocycles. The van der Waals surface area contributed by atoms with Crippen LogP contribution < -0.4 is 5.32 Å². The second-order valence-electron chi connectivity index (χ2n) is 6.65. The van der Waals surface area contributed by atoms with Crippen LogP contribution in [-0.2, 0) is 13.6 Å². The molecule has 0 spiro atoms. The van der Waals surface area contributed by atoms with Crippen LogP contribution in [-0.4, -0.2) is 40.4 Å². The van der Waals surface area contributed by atoms with E-state index < -0.39 is 0 Å². The van der Waals surface area contributed by atoms with E-state index in [1.807, 2.05) is 11.7 Å². The lowest BCUT2D eigenvalue weighted by Gasteiger charge is -2.27. The molecule has 1 unspecified atom stereocenters. The van der Waals surface area contributed by atoms with Gasteiger partial charge in [-0.1, -0.05) is 13.8 Å². The highest BCUT2D eigenvalue weighted by atomic mass is 15.3. The lowest BCUT2D eigenvalue weighted by molar-refractivity contribution is 0.215. The molecule has 1 atom stereocenters. The first-order valence-electron chi connectivity index (χ1n) is 7.92. The molecule has 0 amide bonds. The van der Waals surface area contributed by atoms with Crippen LogP contribution in [0.1, 0.15) is 43.6 Å². The van der Waals surface area contributed by atoms with Crippen molar-refractivity contribution in [3.8, 4) is 0 Å². The highest BCUT2D eigenvalue weighted by molar-refractivity contribution is 5.24. The number of nitrogens with one attached hydrogen (secondary N) is 1. The lowest BCUT2D eigenvalue weighted by Crippen LogP contribution is -2.39. The van der Waals surface area contributed by atoms with Gasteiger partial charge in [0.25, 0.3) is 0 Å². The Bertz CT molecular complexity index is 430. The Balaban J connectivity index is 2.05. The van der Waals surface area contributed by atoms with Crippen molar-refractivity contribution in [2.45, 2.75) is 53.1 Å². The molecule has 1 aromatic rings. The smallest absolute Gasteiger partial charge is 0.0641 e. The van der Waals surface area contributed by atoms with Crippen LogP contribution in [0.4, 0.5) is 0 Å². The van der Waals surface area contributed by atoms with Gasteiger partial charge in [0.05, 0.1) is 5.69 Å². The maximum Gasteiger partial charge on any atom is 0.0641 e. The van der Waals surface area contributed by atoms with Crippen molar-refractivity contribution in [3.63, 3.8) is 0 Å². The summed E-state index contributed by atoms with van der Waals surface area (Å²) in [5.74, 6) is 0.702. The van der Waals surface area contributed by atoms with E-state index in [-0.39, 0.29) is 0 Å². The van der Waals surface area contributed by atoms with Crippen molar-refractivity contribution in [1.82, 2.24) is 20.0 Å². The molecule has 4 heteroatoms. The maximum atomic E-state index is 4.55. The van der Waals surface area contributed by atoms with Crippen molar-refractivity contribution in [2.75, 3.05) is 19.6 Å².